The molecule has 0 spiro atoms. The van der Waals surface area contributed by atoms with Crippen LogP contribution in [0.2, 0.25) is 0 Å². The van der Waals surface area contributed by atoms with E-state index in [1.165, 1.54) is 12.1 Å². The molecule has 0 radical (unpaired) electrons. The Morgan fingerprint density at radius 2 is 1.89 bits per heavy atom. The van der Waals surface area contributed by atoms with Crippen molar-refractivity contribution in [1.29, 1.82) is 0 Å². The molecule has 2 rings (SSSR count). The van der Waals surface area contributed by atoms with E-state index in [1.807, 2.05) is 25.2 Å². The van der Waals surface area contributed by atoms with Gasteiger partial charge in [-0.2, -0.15) is 0 Å². The molecule has 0 fully saturated rings. The van der Waals surface area contributed by atoms with Gasteiger partial charge in [0.1, 0.15) is 17.3 Å². The van der Waals surface area contributed by atoms with Crippen molar-refractivity contribution in [3.63, 3.8) is 0 Å². The highest BCUT2D eigenvalue weighted by molar-refractivity contribution is 9.10. The zero-order valence-corrected chi connectivity index (χ0v) is 11.5. The Morgan fingerprint density at radius 3 is 2.56 bits per heavy atom. The molecule has 4 heteroatoms. The Balaban J connectivity index is 2.25. The lowest BCUT2D eigenvalue weighted by Crippen LogP contribution is -2.06. The molecule has 0 aliphatic rings. The minimum Gasteiger partial charge on any atom is -0.457 e. The third kappa shape index (κ3) is 3.31. The Morgan fingerprint density at radius 1 is 1.17 bits per heavy atom. The van der Waals surface area contributed by atoms with Gasteiger partial charge < -0.3 is 10.1 Å². The van der Waals surface area contributed by atoms with Gasteiger partial charge in [0.05, 0.1) is 0 Å². The van der Waals surface area contributed by atoms with E-state index in [4.69, 9.17) is 4.74 Å². The minimum absolute atomic E-state index is 0.270. The van der Waals surface area contributed by atoms with Crippen LogP contribution in [0, 0.1) is 5.82 Å². The van der Waals surface area contributed by atoms with Crippen LogP contribution in [0.15, 0.2) is 46.9 Å². The highest BCUT2D eigenvalue weighted by atomic mass is 79.9. The molecular formula is C14H13BrFNO. The molecule has 0 aliphatic heterocycles. The molecule has 0 saturated heterocycles. The van der Waals surface area contributed by atoms with Crippen molar-refractivity contribution < 1.29 is 9.13 Å². The summed E-state index contributed by atoms with van der Waals surface area (Å²) in [5, 5.41) is 3.09. The van der Waals surface area contributed by atoms with E-state index >= 15 is 0 Å². The second kappa shape index (κ2) is 5.98. The molecule has 0 bridgehead atoms. The monoisotopic (exact) mass is 309 g/mol. The van der Waals surface area contributed by atoms with Crippen LogP contribution in [0.4, 0.5) is 4.39 Å². The van der Waals surface area contributed by atoms with Crippen molar-refractivity contribution in [2.24, 2.45) is 0 Å². The lowest BCUT2D eigenvalue weighted by molar-refractivity contribution is 0.472. The summed E-state index contributed by atoms with van der Waals surface area (Å²) in [6.07, 6.45) is 0. The predicted octanol–water partition coefficient (Wildman–Crippen LogP) is 4.10. The van der Waals surface area contributed by atoms with Crippen LogP contribution in [0.25, 0.3) is 0 Å². The number of nitrogens with one attached hydrogen (secondary N) is 1. The molecule has 1 N–H and O–H groups in total. The molecule has 2 aromatic rings. The van der Waals surface area contributed by atoms with Crippen molar-refractivity contribution in [3.05, 3.63) is 58.3 Å². The number of ether oxygens (including phenoxy) is 1. The van der Waals surface area contributed by atoms with Crippen molar-refractivity contribution in [1.82, 2.24) is 5.32 Å². The van der Waals surface area contributed by atoms with Crippen LogP contribution in [-0.4, -0.2) is 7.05 Å². The van der Waals surface area contributed by atoms with Crippen molar-refractivity contribution in [2.75, 3.05) is 7.05 Å². The topological polar surface area (TPSA) is 21.3 Å². The maximum absolute atomic E-state index is 12.8. The van der Waals surface area contributed by atoms with Gasteiger partial charge in [0.2, 0.25) is 0 Å². The summed E-state index contributed by atoms with van der Waals surface area (Å²) < 4.78 is 19.6. The van der Waals surface area contributed by atoms with Gasteiger partial charge >= 0.3 is 0 Å². The van der Waals surface area contributed by atoms with Crippen LogP contribution < -0.4 is 10.1 Å². The summed E-state index contributed by atoms with van der Waals surface area (Å²) >= 11 is 3.43. The molecule has 0 unspecified atom stereocenters. The van der Waals surface area contributed by atoms with Gasteiger partial charge in [-0.25, -0.2) is 4.39 Å². The average molecular weight is 310 g/mol. The first-order valence-corrected chi connectivity index (χ1v) is 6.35. The Bertz CT molecular complexity index is 528. The number of benzene rings is 2. The summed E-state index contributed by atoms with van der Waals surface area (Å²) in [6, 6.07) is 11.8. The molecule has 94 valence electrons. The second-order valence-electron chi connectivity index (χ2n) is 3.84. The fraction of sp³-hybridized carbons (Fsp3) is 0.143. The molecule has 0 atom stereocenters. The van der Waals surface area contributed by atoms with E-state index in [9.17, 15) is 4.39 Å². The third-order valence-corrected chi connectivity index (χ3v) is 2.92. The molecule has 2 nitrogen and oxygen atoms in total. The van der Waals surface area contributed by atoms with Crippen LogP contribution in [0.3, 0.4) is 0 Å². The lowest BCUT2D eigenvalue weighted by Gasteiger charge is -2.11. The van der Waals surface area contributed by atoms with Gasteiger partial charge in [0, 0.05) is 16.6 Å². The summed E-state index contributed by atoms with van der Waals surface area (Å²) in [6.45, 7) is 0.704. The Hall–Kier alpha value is -1.39. The van der Waals surface area contributed by atoms with E-state index < -0.39 is 0 Å². The summed E-state index contributed by atoms with van der Waals surface area (Å²) in [5.41, 5.74) is 1.04. The summed E-state index contributed by atoms with van der Waals surface area (Å²) in [5.74, 6) is 1.11. The van der Waals surface area contributed by atoms with E-state index in [2.05, 4.69) is 21.2 Å². The van der Waals surface area contributed by atoms with E-state index in [0.717, 1.165) is 15.8 Å². The zero-order chi connectivity index (χ0) is 13.0. The van der Waals surface area contributed by atoms with Crippen LogP contribution in [-0.2, 0) is 6.54 Å². The largest absolute Gasteiger partial charge is 0.457 e. The number of halogens is 2. The first kappa shape index (κ1) is 13.1. The molecule has 18 heavy (non-hydrogen) atoms. The average Bonchev–Trinajstić information content (AvgIpc) is 2.36. The first-order valence-electron chi connectivity index (χ1n) is 5.55. The fourth-order valence-electron chi connectivity index (χ4n) is 1.61. The van der Waals surface area contributed by atoms with Gasteiger partial charge in [-0.05, 0) is 49.5 Å². The molecule has 0 aromatic heterocycles. The second-order valence-corrected chi connectivity index (χ2v) is 4.75. The van der Waals surface area contributed by atoms with Gasteiger partial charge in [0.15, 0.2) is 0 Å². The molecule has 2 aromatic carbocycles. The highest BCUT2D eigenvalue weighted by Crippen LogP contribution is 2.28. The SMILES string of the molecule is CNCc1cc(Br)ccc1Oc1ccc(F)cc1. The minimum atomic E-state index is -0.270. The highest BCUT2D eigenvalue weighted by Gasteiger charge is 2.05. The third-order valence-electron chi connectivity index (χ3n) is 2.43. The molecule has 0 aliphatic carbocycles. The van der Waals surface area contributed by atoms with Crippen LogP contribution in [0.1, 0.15) is 5.56 Å². The summed E-state index contributed by atoms with van der Waals surface area (Å²) in [7, 11) is 1.88. The maximum atomic E-state index is 12.8. The maximum Gasteiger partial charge on any atom is 0.131 e. The predicted molar refractivity (Wildman–Crippen MR) is 73.4 cm³/mol. The normalized spacial score (nSPS) is 10.4. The van der Waals surface area contributed by atoms with Gasteiger partial charge in [0.25, 0.3) is 0 Å². The van der Waals surface area contributed by atoms with E-state index in [-0.39, 0.29) is 5.82 Å². The Labute approximate surface area is 114 Å². The van der Waals surface area contributed by atoms with Crippen molar-refractivity contribution >= 4 is 15.9 Å². The number of hydrogen-bond donors (Lipinski definition) is 1. The van der Waals surface area contributed by atoms with Crippen molar-refractivity contribution in [2.45, 2.75) is 6.54 Å². The quantitative estimate of drug-likeness (QED) is 0.918. The van der Waals surface area contributed by atoms with E-state index in [1.54, 1.807) is 12.1 Å². The summed E-state index contributed by atoms with van der Waals surface area (Å²) in [4.78, 5) is 0. The van der Waals surface area contributed by atoms with Crippen LogP contribution in [0.5, 0.6) is 11.5 Å². The molecule has 0 heterocycles. The standard InChI is InChI=1S/C14H13BrFNO/c1-17-9-10-8-11(15)2-7-14(10)18-13-5-3-12(16)4-6-13/h2-8,17H,9H2,1H3. The first-order chi connectivity index (χ1) is 8.69. The molecule has 0 amide bonds. The smallest absolute Gasteiger partial charge is 0.131 e. The number of hydrogen-bond acceptors (Lipinski definition) is 2. The molecular weight excluding hydrogens is 297 g/mol. The van der Waals surface area contributed by atoms with Crippen LogP contribution >= 0.6 is 15.9 Å². The zero-order valence-electron chi connectivity index (χ0n) is 9.91. The van der Waals surface area contributed by atoms with Gasteiger partial charge in [-0.3, -0.25) is 0 Å². The van der Waals surface area contributed by atoms with E-state index in [0.29, 0.717) is 12.3 Å². The lowest BCUT2D eigenvalue weighted by atomic mass is 10.2. The Kier molecular flexibility index (Phi) is 4.33. The van der Waals surface area contributed by atoms with Crippen molar-refractivity contribution in [3.8, 4) is 11.5 Å². The number of rotatable bonds is 4. The fourth-order valence-corrected chi connectivity index (χ4v) is 2.01. The van der Waals surface area contributed by atoms with Gasteiger partial charge in [-0.15, -0.1) is 0 Å². The van der Waals surface area contributed by atoms with Gasteiger partial charge in [-0.1, -0.05) is 15.9 Å². The molecule has 0 saturated carbocycles.